The number of halogens is 2. The molecule has 0 aliphatic carbocycles. The summed E-state index contributed by atoms with van der Waals surface area (Å²) in [6.45, 7) is 1.31. The van der Waals surface area contributed by atoms with Crippen molar-refractivity contribution in [3.05, 3.63) is 29.0 Å². The van der Waals surface area contributed by atoms with Gasteiger partial charge in [-0.25, -0.2) is 4.39 Å². The van der Waals surface area contributed by atoms with Crippen LogP contribution in [0.1, 0.15) is 12.8 Å². The normalized spacial score (nSPS) is 18.1. The summed E-state index contributed by atoms with van der Waals surface area (Å²) >= 11 is 5.82. The number of hydrogen-bond donors (Lipinski definition) is 2. The Labute approximate surface area is 123 Å². The van der Waals surface area contributed by atoms with Gasteiger partial charge in [-0.3, -0.25) is 4.72 Å². The summed E-state index contributed by atoms with van der Waals surface area (Å²) in [4.78, 5) is 0. The molecule has 112 valence electrons. The number of piperidine rings is 1. The van der Waals surface area contributed by atoms with E-state index >= 15 is 0 Å². The van der Waals surface area contributed by atoms with Crippen LogP contribution in [0.5, 0.6) is 0 Å². The number of rotatable bonds is 4. The highest BCUT2D eigenvalue weighted by atomic mass is 35.5. The van der Waals surface area contributed by atoms with Crippen LogP contribution < -0.4 is 10.5 Å². The van der Waals surface area contributed by atoms with E-state index in [-0.39, 0.29) is 10.7 Å². The molecule has 1 fully saturated rings. The summed E-state index contributed by atoms with van der Waals surface area (Å²) in [5, 5.41) is 0.0328. The predicted molar refractivity (Wildman–Crippen MR) is 77.3 cm³/mol. The van der Waals surface area contributed by atoms with Crippen LogP contribution in [0.2, 0.25) is 5.02 Å². The highest BCUT2D eigenvalue weighted by Crippen LogP contribution is 2.27. The lowest BCUT2D eigenvalue weighted by Gasteiger charge is -2.30. The van der Waals surface area contributed by atoms with E-state index in [0.717, 1.165) is 6.07 Å². The first kappa shape index (κ1) is 15.5. The molecule has 1 aliphatic heterocycles. The summed E-state index contributed by atoms with van der Waals surface area (Å²) in [6, 6.07) is 4.01. The molecule has 5 nitrogen and oxygen atoms in total. The van der Waals surface area contributed by atoms with E-state index < -0.39 is 16.0 Å². The molecular weight excluding hydrogens is 305 g/mol. The van der Waals surface area contributed by atoms with E-state index in [1.165, 1.54) is 16.4 Å². The minimum absolute atomic E-state index is 0.0328. The van der Waals surface area contributed by atoms with Crippen molar-refractivity contribution < 1.29 is 12.8 Å². The van der Waals surface area contributed by atoms with Gasteiger partial charge in [-0.05, 0) is 37.4 Å². The molecule has 1 saturated heterocycles. The van der Waals surface area contributed by atoms with E-state index in [1.54, 1.807) is 0 Å². The lowest BCUT2D eigenvalue weighted by atomic mass is 9.99. The highest BCUT2D eigenvalue weighted by molar-refractivity contribution is 7.90. The number of nitrogens with one attached hydrogen (secondary N) is 1. The molecule has 1 aromatic rings. The molecule has 2 rings (SSSR count). The Hall–Kier alpha value is -0.890. The maximum Gasteiger partial charge on any atom is 0.301 e. The molecule has 20 heavy (non-hydrogen) atoms. The summed E-state index contributed by atoms with van der Waals surface area (Å²) in [5.41, 5.74) is 5.36. The summed E-state index contributed by atoms with van der Waals surface area (Å²) in [5.74, 6) is -0.351. The zero-order valence-electron chi connectivity index (χ0n) is 10.9. The fourth-order valence-electron chi connectivity index (χ4n) is 2.17. The number of para-hydroxylation sites is 1. The van der Waals surface area contributed by atoms with Crippen molar-refractivity contribution in [2.75, 3.05) is 24.4 Å². The molecule has 3 N–H and O–H groups in total. The average Bonchev–Trinajstić information content (AvgIpc) is 2.43. The Bertz CT molecular complexity index is 554. The standard InChI is InChI=1S/C12H17ClFN3O2S/c13-10-2-1-3-11(14)12(10)16-20(18,19)17-6-4-9(8-15)5-7-17/h1-3,9,16H,4-8,15H2. The molecule has 0 spiro atoms. The molecule has 0 bridgehead atoms. The molecule has 1 heterocycles. The Morgan fingerprint density at radius 2 is 2.05 bits per heavy atom. The van der Waals surface area contributed by atoms with Gasteiger partial charge < -0.3 is 5.73 Å². The van der Waals surface area contributed by atoms with Gasteiger partial charge in [0.15, 0.2) is 0 Å². The molecule has 0 amide bonds. The van der Waals surface area contributed by atoms with Crippen molar-refractivity contribution in [3.63, 3.8) is 0 Å². The van der Waals surface area contributed by atoms with Crippen LogP contribution in [-0.4, -0.2) is 32.4 Å². The van der Waals surface area contributed by atoms with Crippen LogP contribution in [0.15, 0.2) is 18.2 Å². The zero-order chi connectivity index (χ0) is 14.8. The van der Waals surface area contributed by atoms with Gasteiger partial charge in [0.05, 0.1) is 5.02 Å². The molecule has 0 atom stereocenters. The number of benzene rings is 1. The minimum Gasteiger partial charge on any atom is -0.330 e. The van der Waals surface area contributed by atoms with Crippen LogP contribution in [0.3, 0.4) is 0 Å². The van der Waals surface area contributed by atoms with Gasteiger partial charge in [0.2, 0.25) is 0 Å². The second-order valence-corrected chi connectivity index (χ2v) is 6.86. The van der Waals surface area contributed by atoms with Crippen LogP contribution in [-0.2, 0) is 10.2 Å². The Kier molecular flexibility index (Phi) is 4.85. The number of hydrogen-bond acceptors (Lipinski definition) is 3. The number of anilines is 1. The molecule has 1 aliphatic rings. The van der Waals surface area contributed by atoms with Crippen molar-refractivity contribution in [3.8, 4) is 0 Å². The average molecular weight is 322 g/mol. The molecule has 1 aromatic carbocycles. The molecular formula is C12H17ClFN3O2S. The largest absolute Gasteiger partial charge is 0.330 e. The van der Waals surface area contributed by atoms with Crippen molar-refractivity contribution in [1.82, 2.24) is 4.31 Å². The van der Waals surface area contributed by atoms with Gasteiger partial charge in [0.25, 0.3) is 0 Å². The topological polar surface area (TPSA) is 75.4 Å². The predicted octanol–water partition coefficient (Wildman–Crippen LogP) is 1.81. The first-order valence-electron chi connectivity index (χ1n) is 6.36. The quantitative estimate of drug-likeness (QED) is 0.888. The van der Waals surface area contributed by atoms with Gasteiger partial charge in [-0.2, -0.15) is 12.7 Å². The summed E-state index contributed by atoms with van der Waals surface area (Å²) in [7, 11) is -3.79. The van der Waals surface area contributed by atoms with Crippen molar-refractivity contribution in [2.24, 2.45) is 11.7 Å². The fourth-order valence-corrected chi connectivity index (χ4v) is 3.73. The molecule has 0 unspecified atom stereocenters. The van der Waals surface area contributed by atoms with E-state index in [4.69, 9.17) is 17.3 Å². The second kappa shape index (κ2) is 6.26. The second-order valence-electron chi connectivity index (χ2n) is 4.78. The maximum atomic E-state index is 13.6. The van der Waals surface area contributed by atoms with Crippen molar-refractivity contribution >= 4 is 27.5 Å². The lowest BCUT2D eigenvalue weighted by Crippen LogP contribution is -2.42. The SMILES string of the molecule is NCC1CCN(S(=O)(=O)Nc2c(F)cccc2Cl)CC1. The smallest absolute Gasteiger partial charge is 0.301 e. The fraction of sp³-hybridized carbons (Fsp3) is 0.500. The van der Waals surface area contributed by atoms with E-state index in [1.807, 2.05) is 0 Å². The van der Waals surface area contributed by atoms with E-state index in [9.17, 15) is 12.8 Å². The monoisotopic (exact) mass is 321 g/mol. The van der Waals surface area contributed by atoms with Crippen molar-refractivity contribution in [2.45, 2.75) is 12.8 Å². The van der Waals surface area contributed by atoms with Crippen LogP contribution >= 0.6 is 11.6 Å². The molecule has 8 heteroatoms. The molecule has 0 aromatic heterocycles. The maximum absolute atomic E-state index is 13.6. The molecule has 0 radical (unpaired) electrons. The Morgan fingerprint density at radius 1 is 1.40 bits per heavy atom. The van der Waals surface area contributed by atoms with Gasteiger partial charge in [0, 0.05) is 13.1 Å². The van der Waals surface area contributed by atoms with E-state index in [0.29, 0.717) is 38.4 Å². The van der Waals surface area contributed by atoms with Gasteiger partial charge in [0.1, 0.15) is 11.5 Å². The Morgan fingerprint density at radius 3 is 2.60 bits per heavy atom. The number of nitrogens with zero attached hydrogens (tertiary/aromatic N) is 1. The van der Waals surface area contributed by atoms with Crippen LogP contribution in [0.25, 0.3) is 0 Å². The zero-order valence-corrected chi connectivity index (χ0v) is 12.4. The third-order valence-corrected chi connectivity index (χ3v) is 5.26. The number of nitrogens with two attached hydrogens (primary N) is 1. The third kappa shape index (κ3) is 3.41. The first-order valence-corrected chi connectivity index (χ1v) is 8.18. The Balaban J connectivity index is 2.12. The van der Waals surface area contributed by atoms with Gasteiger partial charge >= 0.3 is 10.2 Å². The third-order valence-electron chi connectivity index (χ3n) is 3.44. The summed E-state index contributed by atoms with van der Waals surface area (Å²) in [6.07, 6.45) is 1.42. The van der Waals surface area contributed by atoms with Crippen LogP contribution in [0, 0.1) is 11.7 Å². The first-order chi connectivity index (χ1) is 9.44. The van der Waals surface area contributed by atoms with Crippen LogP contribution in [0.4, 0.5) is 10.1 Å². The summed E-state index contributed by atoms with van der Waals surface area (Å²) < 4.78 is 41.6. The van der Waals surface area contributed by atoms with E-state index in [2.05, 4.69) is 4.72 Å². The highest BCUT2D eigenvalue weighted by Gasteiger charge is 2.28. The minimum atomic E-state index is -3.79. The lowest BCUT2D eigenvalue weighted by molar-refractivity contribution is 0.280. The van der Waals surface area contributed by atoms with Gasteiger partial charge in [-0.15, -0.1) is 0 Å². The van der Waals surface area contributed by atoms with Crippen molar-refractivity contribution in [1.29, 1.82) is 0 Å². The van der Waals surface area contributed by atoms with Gasteiger partial charge in [-0.1, -0.05) is 17.7 Å². The molecule has 0 saturated carbocycles.